The zero-order valence-electron chi connectivity index (χ0n) is 67.7. The monoisotopic (exact) mass is 1690 g/mol. The Bertz CT molecular complexity index is 3260. The second-order valence-corrected chi connectivity index (χ2v) is 29.3. The van der Waals surface area contributed by atoms with Crippen LogP contribution in [0.2, 0.25) is 0 Å². The van der Waals surface area contributed by atoms with E-state index in [4.69, 9.17) is 28.4 Å². The summed E-state index contributed by atoms with van der Waals surface area (Å²) in [4.78, 5) is 172. The Labute approximate surface area is 685 Å². The number of phenols is 1. The fraction of sp³-hybridized carbons (Fsp3) is 0.750. The molecule has 1 aromatic rings. The molecule has 3 heterocycles. The average molecular weight is 1690 g/mol. The van der Waals surface area contributed by atoms with E-state index < -0.39 is 239 Å². The Morgan fingerprint density at radius 3 is 1.07 bits per heavy atom. The number of phenolic OH excluding ortho intramolecular Hbond substituents is 1. The average Bonchev–Trinajstić information content (AvgIpc) is 0.818. The molecule has 13 amide bonds. The van der Waals surface area contributed by atoms with E-state index in [2.05, 4.69) is 76.0 Å². The van der Waals surface area contributed by atoms with Crippen LogP contribution in [0.3, 0.4) is 0 Å². The number of aromatic hydroxyl groups is 1. The number of benzene rings is 1. The highest BCUT2D eigenvalue weighted by atomic mass is 16.7. The van der Waals surface area contributed by atoms with E-state index in [1.807, 2.05) is 0 Å². The second kappa shape index (κ2) is 56.9. The summed E-state index contributed by atoms with van der Waals surface area (Å²) >= 11 is 0. The molecule has 0 spiro atoms. The standard InChI is InChI=1S/C76H127N13O29/c1-5-6-7-8-15-28-77-55(97)26-27-56(98)87-49(35-47-22-24-48(96)25-23-47)73(112)89-51(72(111)83-40-61(103)80-31-18-11-14-21-34-115-76-64(86-46(4)95)70(109)67(106)54(43-92)118-76)37-58(100)88-50(71(110)82-39-60(102)79-30-17-10-13-20-33-114-75-63(85-45(3)94)69(108)66(105)53(42-91)117-75)36-57(99)81-38-59(101)78-29-16-9-12-19-32-113-74-62(84-44(2)93)68(107)65(104)52(41-90)116-74/h22-25,49-54,62-70,74-76,90-92,96,104-109H,5-21,26-43H2,1-4H3,(H,77,97)(H,78,101)(H,79,102)(H,80,103)(H,81,99)(H,82,110)(H,83,111)(H,84,93)(H,85,94)(H,86,95)(H,87,98)(H,88,100)(H,89,112)/t49?,50?,51?,52-,53-,54-,62-,63-,64-,65+,66+,67+,68-,69-,70-,74-,75-,76-/m1/s1. The lowest BCUT2D eigenvalue weighted by atomic mass is 9.97. The van der Waals surface area contributed by atoms with Gasteiger partial charge in [0.15, 0.2) is 18.9 Å². The lowest BCUT2D eigenvalue weighted by Gasteiger charge is -2.42. The van der Waals surface area contributed by atoms with Crippen molar-refractivity contribution in [3.05, 3.63) is 29.8 Å². The molecule has 0 radical (unpaired) electrons. The quantitative estimate of drug-likeness (QED) is 0.0270. The van der Waals surface area contributed by atoms with Crippen molar-refractivity contribution in [1.29, 1.82) is 0 Å². The minimum atomic E-state index is -1.92. The number of aliphatic hydroxyl groups is 9. The highest BCUT2D eigenvalue weighted by Gasteiger charge is 2.48. The van der Waals surface area contributed by atoms with Gasteiger partial charge < -0.3 is 149 Å². The molecule has 118 heavy (non-hydrogen) atoms. The van der Waals surface area contributed by atoms with Gasteiger partial charge in [-0.2, -0.15) is 0 Å². The van der Waals surface area contributed by atoms with Gasteiger partial charge in [-0.3, -0.25) is 62.3 Å². The van der Waals surface area contributed by atoms with Crippen LogP contribution in [-0.4, -0.2) is 323 Å². The number of hydrogen-bond donors (Lipinski definition) is 23. The maximum absolute atomic E-state index is 14.5. The minimum absolute atomic E-state index is 0.0797. The van der Waals surface area contributed by atoms with E-state index >= 15 is 0 Å². The van der Waals surface area contributed by atoms with Gasteiger partial charge in [-0.1, -0.05) is 83.3 Å². The summed E-state index contributed by atoms with van der Waals surface area (Å²) in [7, 11) is 0. The molecule has 0 aromatic heterocycles. The van der Waals surface area contributed by atoms with E-state index in [0.717, 1.165) is 32.1 Å². The van der Waals surface area contributed by atoms with Crippen molar-refractivity contribution in [2.45, 2.75) is 279 Å². The second-order valence-electron chi connectivity index (χ2n) is 29.3. The van der Waals surface area contributed by atoms with Crippen LogP contribution < -0.4 is 69.1 Å². The number of rotatable bonds is 57. The van der Waals surface area contributed by atoms with Crippen molar-refractivity contribution in [3.63, 3.8) is 0 Å². The SMILES string of the molecule is CCCCCCCNC(=O)CCC(=O)NC(Cc1ccc(O)cc1)C(=O)NC(CC(=O)NC(CC(=O)NCC(=O)NCCCCCCO[C@@H]1O[C@H](CO)[C@H](O)[C@H](O)[C@H]1NC(C)=O)C(=O)NCC(=O)NCCCCCCO[C@@H]1O[C@H](CO)[C@H](O)[C@H](O)[C@H]1NC(C)=O)C(=O)NCC(=O)NCCCCCCO[C@@H]1O[C@H](CO)[C@H](O)[C@H](O)[C@H]1NC(C)=O. The molecule has 23 N–H and O–H groups in total. The summed E-state index contributed by atoms with van der Waals surface area (Å²) in [5.41, 5.74) is 0.395. The molecule has 3 saturated heterocycles. The van der Waals surface area contributed by atoms with Gasteiger partial charge in [0, 0.05) is 86.0 Å². The van der Waals surface area contributed by atoms with Crippen LogP contribution >= 0.6 is 0 Å². The van der Waals surface area contributed by atoms with Gasteiger partial charge in [-0.05, 0) is 62.6 Å². The summed E-state index contributed by atoms with van der Waals surface area (Å²) in [5, 5.41) is 134. The number of carbonyl (C=O) groups is 13. The molecule has 42 nitrogen and oxygen atoms in total. The lowest BCUT2D eigenvalue weighted by molar-refractivity contribution is -0.270. The van der Waals surface area contributed by atoms with E-state index in [1.54, 1.807) is 0 Å². The number of carbonyl (C=O) groups excluding carboxylic acids is 13. The Hall–Kier alpha value is -8.47. The van der Waals surface area contributed by atoms with Crippen molar-refractivity contribution < 1.29 is 142 Å². The maximum atomic E-state index is 14.5. The van der Waals surface area contributed by atoms with Crippen LogP contribution in [0.4, 0.5) is 0 Å². The van der Waals surface area contributed by atoms with Gasteiger partial charge in [0.05, 0.1) is 52.3 Å². The van der Waals surface area contributed by atoms with Gasteiger partial charge in [0.2, 0.25) is 76.8 Å². The molecule has 3 unspecified atom stereocenters. The summed E-state index contributed by atoms with van der Waals surface area (Å²) in [6.07, 6.45) is -8.20. The fourth-order valence-electron chi connectivity index (χ4n) is 12.8. The zero-order valence-corrected chi connectivity index (χ0v) is 67.7. The van der Waals surface area contributed by atoms with Crippen LogP contribution in [0.1, 0.15) is 168 Å². The summed E-state index contributed by atoms with van der Waals surface area (Å²) < 4.78 is 34.0. The minimum Gasteiger partial charge on any atom is -0.508 e. The topological polar surface area (TPSA) is 636 Å². The molecule has 0 saturated carbocycles. The Morgan fingerprint density at radius 1 is 0.364 bits per heavy atom. The third-order valence-corrected chi connectivity index (χ3v) is 19.3. The molecule has 4 rings (SSSR count). The predicted molar refractivity (Wildman–Crippen MR) is 415 cm³/mol. The third kappa shape index (κ3) is 39.2. The van der Waals surface area contributed by atoms with Crippen LogP contribution in [0, 0.1) is 0 Å². The van der Waals surface area contributed by atoms with Crippen molar-refractivity contribution in [1.82, 2.24) is 69.1 Å². The molecule has 42 heteroatoms. The van der Waals surface area contributed by atoms with E-state index in [-0.39, 0.29) is 64.5 Å². The van der Waals surface area contributed by atoms with E-state index in [0.29, 0.717) is 89.2 Å². The number of ether oxygens (including phenoxy) is 6. The van der Waals surface area contributed by atoms with E-state index in [1.165, 1.54) is 45.0 Å². The van der Waals surface area contributed by atoms with Gasteiger partial charge in [-0.15, -0.1) is 0 Å². The van der Waals surface area contributed by atoms with Gasteiger partial charge in [-0.25, -0.2) is 0 Å². The highest BCUT2D eigenvalue weighted by Crippen LogP contribution is 2.26. The Balaban J connectivity index is 1.46. The molecule has 1 aromatic carbocycles. The van der Waals surface area contributed by atoms with Crippen LogP contribution in [0.25, 0.3) is 0 Å². The first-order valence-electron chi connectivity index (χ1n) is 40.5. The summed E-state index contributed by atoms with van der Waals surface area (Å²) in [6, 6.07) is -3.14. The maximum Gasteiger partial charge on any atom is 0.243 e. The van der Waals surface area contributed by atoms with Gasteiger partial charge in [0.25, 0.3) is 0 Å². The zero-order chi connectivity index (χ0) is 87.1. The summed E-state index contributed by atoms with van der Waals surface area (Å²) in [6.45, 7) is 2.78. The first-order chi connectivity index (χ1) is 56.4. The molecule has 3 fully saturated rings. The first kappa shape index (κ1) is 102. The fourth-order valence-corrected chi connectivity index (χ4v) is 12.8. The number of amides is 13. The van der Waals surface area contributed by atoms with Crippen LogP contribution in [0.5, 0.6) is 5.75 Å². The van der Waals surface area contributed by atoms with Crippen molar-refractivity contribution >= 4 is 76.8 Å². The largest absolute Gasteiger partial charge is 0.508 e. The van der Waals surface area contributed by atoms with E-state index in [9.17, 15) is 113 Å². The van der Waals surface area contributed by atoms with Crippen LogP contribution in [0.15, 0.2) is 24.3 Å². The first-order valence-corrected chi connectivity index (χ1v) is 40.5. The highest BCUT2D eigenvalue weighted by molar-refractivity contribution is 5.98. The summed E-state index contributed by atoms with van der Waals surface area (Å²) in [5.74, 6) is -10.4. The normalized spacial score (nSPS) is 23.6. The lowest BCUT2D eigenvalue weighted by Crippen LogP contribution is -2.64. The van der Waals surface area contributed by atoms with Gasteiger partial charge >= 0.3 is 0 Å². The van der Waals surface area contributed by atoms with Crippen molar-refractivity contribution in [3.8, 4) is 5.75 Å². The molecule has 0 bridgehead atoms. The number of hydrogen-bond acceptors (Lipinski definition) is 29. The molecular weight excluding hydrogens is 1560 g/mol. The molecule has 0 aliphatic carbocycles. The van der Waals surface area contributed by atoms with Crippen LogP contribution in [-0.2, 0) is 97.2 Å². The smallest absolute Gasteiger partial charge is 0.243 e. The van der Waals surface area contributed by atoms with Crippen molar-refractivity contribution in [2.24, 2.45) is 0 Å². The predicted octanol–water partition coefficient (Wildman–Crippen LogP) is -6.70. The number of aliphatic hydroxyl groups excluding tert-OH is 9. The molecular formula is C76H127N13O29. The molecule has 3 aliphatic heterocycles. The number of unbranched alkanes of at least 4 members (excludes halogenated alkanes) is 13. The Kier molecular flexibility index (Phi) is 49.1. The molecule has 670 valence electrons. The number of nitrogens with one attached hydrogen (secondary N) is 13. The van der Waals surface area contributed by atoms with Gasteiger partial charge in [0.1, 0.15) is 96.9 Å². The molecule has 18 atom stereocenters. The molecule has 3 aliphatic rings. The third-order valence-electron chi connectivity index (χ3n) is 19.3. The van der Waals surface area contributed by atoms with Crippen molar-refractivity contribution in [2.75, 3.05) is 85.5 Å². The Morgan fingerprint density at radius 2 is 0.695 bits per heavy atom.